The van der Waals surface area contributed by atoms with Crippen molar-refractivity contribution < 1.29 is 17.7 Å². The van der Waals surface area contributed by atoms with Crippen LogP contribution in [0.2, 0.25) is 0 Å². The molecule has 0 saturated heterocycles. The van der Waals surface area contributed by atoms with Crippen molar-refractivity contribution in [3.63, 3.8) is 0 Å². The summed E-state index contributed by atoms with van der Waals surface area (Å²) in [5.74, 6) is 0.357. The molecule has 1 aromatic rings. The van der Waals surface area contributed by atoms with Gasteiger partial charge in [-0.05, 0) is 18.2 Å². The summed E-state index contributed by atoms with van der Waals surface area (Å²) in [4.78, 5) is 0. The topological polar surface area (TPSA) is 63.6 Å². The van der Waals surface area contributed by atoms with Gasteiger partial charge in [-0.2, -0.15) is 8.42 Å². The molecule has 1 rings (SSSR count). The molecule has 0 aliphatic carbocycles. The van der Waals surface area contributed by atoms with Gasteiger partial charge in [0.1, 0.15) is 5.75 Å². The minimum absolute atomic E-state index is 0.357. The van der Waals surface area contributed by atoms with E-state index in [1.807, 2.05) is 0 Å². The van der Waals surface area contributed by atoms with Crippen LogP contribution in [-0.4, -0.2) is 18.4 Å². The Balaban J connectivity index is 2.82. The molecule has 0 bridgehead atoms. The zero-order valence-electron chi connectivity index (χ0n) is 7.33. The Hall–Kier alpha value is -1.33. The molecular formula is C9H10O4S. The van der Waals surface area contributed by atoms with E-state index in [1.54, 1.807) is 30.3 Å². The van der Waals surface area contributed by atoms with E-state index >= 15 is 0 Å². The molecule has 0 aliphatic heterocycles. The van der Waals surface area contributed by atoms with Gasteiger partial charge in [0, 0.05) is 0 Å². The maximum atomic E-state index is 10.7. The van der Waals surface area contributed by atoms with E-state index in [1.165, 1.54) is 0 Å². The zero-order valence-corrected chi connectivity index (χ0v) is 8.15. The van der Waals surface area contributed by atoms with Crippen LogP contribution >= 0.6 is 0 Å². The number of benzene rings is 1. The lowest BCUT2D eigenvalue weighted by Crippen LogP contribution is -2.24. The summed E-state index contributed by atoms with van der Waals surface area (Å²) >= 11 is 0. The van der Waals surface area contributed by atoms with Crippen LogP contribution in [0.5, 0.6) is 5.75 Å². The van der Waals surface area contributed by atoms with Crippen molar-refractivity contribution in [3.05, 3.63) is 43.0 Å². The molecule has 0 aromatic heterocycles. The Bertz CT molecular complexity index is 396. The smallest absolute Gasteiger partial charge is 0.307 e. The summed E-state index contributed by atoms with van der Waals surface area (Å²) in [5, 5.41) is 0. The van der Waals surface area contributed by atoms with Crippen molar-refractivity contribution in [3.8, 4) is 5.75 Å². The Morgan fingerprint density at radius 1 is 1.36 bits per heavy atom. The molecule has 0 amide bonds. The molecule has 76 valence electrons. The molecule has 0 radical (unpaired) electrons. The Kier molecular flexibility index (Phi) is 3.27. The maximum absolute atomic E-state index is 10.7. The fourth-order valence-corrected chi connectivity index (χ4v) is 1.34. The molecule has 1 N–H and O–H groups in total. The van der Waals surface area contributed by atoms with Gasteiger partial charge in [-0.25, -0.2) is 0 Å². The highest BCUT2D eigenvalue weighted by atomic mass is 32.2. The first-order valence-corrected chi connectivity index (χ1v) is 5.35. The van der Waals surface area contributed by atoms with E-state index in [2.05, 4.69) is 6.58 Å². The SMILES string of the molecule is C=CC(Oc1ccccc1)S(=O)(=O)O. The molecule has 1 atom stereocenters. The monoisotopic (exact) mass is 214 g/mol. The van der Waals surface area contributed by atoms with E-state index in [-0.39, 0.29) is 0 Å². The second-order valence-corrected chi connectivity index (χ2v) is 4.04. The molecule has 14 heavy (non-hydrogen) atoms. The van der Waals surface area contributed by atoms with Gasteiger partial charge in [0.15, 0.2) is 0 Å². The van der Waals surface area contributed by atoms with Gasteiger partial charge in [-0.1, -0.05) is 24.8 Å². The molecule has 0 saturated carbocycles. The average molecular weight is 214 g/mol. The molecule has 0 fully saturated rings. The van der Waals surface area contributed by atoms with E-state index in [4.69, 9.17) is 9.29 Å². The Morgan fingerprint density at radius 2 is 1.93 bits per heavy atom. The normalized spacial score (nSPS) is 13.2. The lowest BCUT2D eigenvalue weighted by atomic mass is 10.3. The largest absolute Gasteiger partial charge is 0.468 e. The second-order valence-electron chi connectivity index (χ2n) is 2.55. The van der Waals surface area contributed by atoms with Gasteiger partial charge in [-0.15, -0.1) is 0 Å². The van der Waals surface area contributed by atoms with Gasteiger partial charge >= 0.3 is 10.1 Å². The number of hydrogen-bond acceptors (Lipinski definition) is 3. The fourth-order valence-electron chi connectivity index (χ4n) is 0.864. The lowest BCUT2D eigenvalue weighted by Gasteiger charge is -2.11. The van der Waals surface area contributed by atoms with Crippen molar-refractivity contribution in [2.24, 2.45) is 0 Å². The first kappa shape index (κ1) is 10.7. The van der Waals surface area contributed by atoms with Crippen LogP contribution in [0.1, 0.15) is 0 Å². The number of para-hydroxylation sites is 1. The summed E-state index contributed by atoms with van der Waals surface area (Å²) in [7, 11) is -4.25. The summed E-state index contributed by atoms with van der Waals surface area (Å²) in [6, 6.07) is 8.32. The minimum atomic E-state index is -4.25. The van der Waals surface area contributed by atoms with Gasteiger partial charge < -0.3 is 4.74 Å². The maximum Gasteiger partial charge on any atom is 0.307 e. The molecule has 1 unspecified atom stereocenters. The minimum Gasteiger partial charge on any atom is -0.468 e. The fraction of sp³-hybridized carbons (Fsp3) is 0.111. The predicted octanol–water partition coefficient (Wildman–Crippen LogP) is 1.47. The lowest BCUT2D eigenvalue weighted by molar-refractivity contribution is 0.297. The molecular weight excluding hydrogens is 204 g/mol. The van der Waals surface area contributed by atoms with Crippen LogP contribution in [0.4, 0.5) is 0 Å². The number of ether oxygens (including phenoxy) is 1. The van der Waals surface area contributed by atoms with Gasteiger partial charge in [0.2, 0.25) is 5.44 Å². The van der Waals surface area contributed by atoms with Gasteiger partial charge in [0.25, 0.3) is 0 Å². The van der Waals surface area contributed by atoms with Crippen molar-refractivity contribution in [2.75, 3.05) is 0 Å². The van der Waals surface area contributed by atoms with Crippen LogP contribution in [0.3, 0.4) is 0 Å². The van der Waals surface area contributed by atoms with Crippen LogP contribution in [0, 0.1) is 0 Å². The third kappa shape index (κ3) is 2.86. The first-order chi connectivity index (χ1) is 6.54. The second kappa shape index (κ2) is 4.26. The van der Waals surface area contributed by atoms with Crippen molar-refractivity contribution >= 4 is 10.1 Å². The van der Waals surface area contributed by atoms with Crippen LogP contribution in [-0.2, 0) is 10.1 Å². The standard InChI is InChI=1S/C9H10O4S/c1-2-9(14(10,11)12)13-8-6-4-3-5-7-8/h2-7,9H,1H2,(H,10,11,12). The van der Waals surface area contributed by atoms with Crippen molar-refractivity contribution in [1.29, 1.82) is 0 Å². The average Bonchev–Trinajstić information content (AvgIpc) is 2.14. The summed E-state index contributed by atoms with van der Waals surface area (Å²) in [6.07, 6.45) is 1.02. The quantitative estimate of drug-likeness (QED) is 0.609. The van der Waals surface area contributed by atoms with Gasteiger partial charge in [0.05, 0.1) is 0 Å². The molecule has 0 heterocycles. The van der Waals surface area contributed by atoms with Gasteiger partial charge in [-0.3, -0.25) is 4.55 Å². The summed E-state index contributed by atoms with van der Waals surface area (Å²) < 4.78 is 35.1. The highest BCUT2D eigenvalue weighted by Crippen LogP contribution is 2.13. The molecule has 0 aliphatic rings. The van der Waals surface area contributed by atoms with E-state index < -0.39 is 15.6 Å². The Labute approximate surface area is 82.6 Å². The third-order valence-corrected chi connectivity index (χ3v) is 2.36. The highest BCUT2D eigenvalue weighted by Gasteiger charge is 2.20. The van der Waals surface area contributed by atoms with Crippen LogP contribution in [0.15, 0.2) is 43.0 Å². The zero-order chi connectivity index (χ0) is 10.6. The molecule has 4 nitrogen and oxygen atoms in total. The third-order valence-electron chi connectivity index (χ3n) is 1.48. The highest BCUT2D eigenvalue weighted by molar-refractivity contribution is 7.86. The van der Waals surface area contributed by atoms with E-state index in [0.717, 1.165) is 6.08 Å². The first-order valence-electron chi connectivity index (χ1n) is 3.84. The van der Waals surface area contributed by atoms with Crippen LogP contribution in [0.25, 0.3) is 0 Å². The number of rotatable bonds is 4. The van der Waals surface area contributed by atoms with Crippen LogP contribution < -0.4 is 4.74 Å². The van der Waals surface area contributed by atoms with Crippen molar-refractivity contribution in [1.82, 2.24) is 0 Å². The Morgan fingerprint density at radius 3 is 2.36 bits per heavy atom. The van der Waals surface area contributed by atoms with E-state index in [9.17, 15) is 8.42 Å². The summed E-state index contributed by atoms with van der Waals surface area (Å²) in [6.45, 7) is 3.26. The molecule has 5 heteroatoms. The molecule has 0 spiro atoms. The summed E-state index contributed by atoms with van der Waals surface area (Å²) in [5.41, 5.74) is -1.43. The van der Waals surface area contributed by atoms with E-state index in [0.29, 0.717) is 5.75 Å². The molecule has 1 aromatic carbocycles. The number of hydrogen-bond donors (Lipinski definition) is 1. The van der Waals surface area contributed by atoms with Crippen molar-refractivity contribution in [2.45, 2.75) is 5.44 Å². The predicted molar refractivity (Wildman–Crippen MR) is 52.6 cm³/mol.